The summed E-state index contributed by atoms with van der Waals surface area (Å²) in [4.78, 5) is 12.5. The Morgan fingerprint density at radius 2 is 1.55 bits per heavy atom. The van der Waals surface area contributed by atoms with Crippen LogP contribution in [0.4, 0.5) is 6.01 Å². The smallest absolute Gasteiger partial charge is 0.322 e. The van der Waals surface area contributed by atoms with Gasteiger partial charge in [-0.15, -0.1) is 5.10 Å². The molecule has 1 aromatic heterocycles. The third-order valence-corrected chi connectivity index (χ3v) is 8.39. The van der Waals surface area contributed by atoms with Crippen molar-refractivity contribution in [1.82, 2.24) is 14.5 Å². The first-order valence-electron chi connectivity index (χ1n) is 9.95. The number of aryl methyl sites for hydroxylation is 1. The summed E-state index contributed by atoms with van der Waals surface area (Å²) in [5.41, 5.74) is 1.44. The van der Waals surface area contributed by atoms with Gasteiger partial charge in [0.25, 0.3) is 0 Å². The number of sulfonamides is 1. The quantitative estimate of drug-likeness (QED) is 0.480. The van der Waals surface area contributed by atoms with Crippen LogP contribution in [0.25, 0.3) is 11.5 Å². The molecule has 176 valence electrons. The second-order valence-corrected chi connectivity index (χ2v) is 11.8. The first-order chi connectivity index (χ1) is 15.5. The van der Waals surface area contributed by atoms with Crippen LogP contribution in [0, 0.1) is 6.92 Å². The maximum Gasteiger partial charge on any atom is 0.322 e. The Morgan fingerprint density at radius 1 is 0.939 bits per heavy atom. The van der Waals surface area contributed by atoms with E-state index >= 15 is 0 Å². The summed E-state index contributed by atoms with van der Waals surface area (Å²) in [5, 5.41) is 10.0. The Balaban J connectivity index is 1.56. The van der Waals surface area contributed by atoms with E-state index in [0.29, 0.717) is 5.56 Å². The van der Waals surface area contributed by atoms with Gasteiger partial charge in [-0.25, -0.2) is 21.1 Å². The molecule has 1 N–H and O–H groups in total. The van der Waals surface area contributed by atoms with Crippen molar-refractivity contribution in [3.8, 4) is 11.5 Å². The Morgan fingerprint density at radius 3 is 2.15 bits per heavy atom. The maximum atomic E-state index is 12.4. The van der Waals surface area contributed by atoms with Crippen LogP contribution in [0.5, 0.6) is 0 Å². The Kier molecular flexibility index (Phi) is 7.30. The molecule has 0 bridgehead atoms. The minimum absolute atomic E-state index is 0.0418. The molecular weight excluding hydrogens is 468 g/mol. The average Bonchev–Trinajstić information content (AvgIpc) is 3.22. The molecule has 1 amide bonds. The molecular formula is C21H24N4O6S2. The molecule has 33 heavy (non-hydrogen) atoms. The number of carbonyl (C=O) groups excluding carboxylic acids is 1. The number of hydrogen-bond acceptors (Lipinski definition) is 8. The number of nitrogens with zero attached hydrogens (tertiary/aromatic N) is 3. The summed E-state index contributed by atoms with van der Waals surface area (Å²) < 4.78 is 55.5. The zero-order valence-corrected chi connectivity index (χ0v) is 20.0. The lowest BCUT2D eigenvalue weighted by Gasteiger charge is -2.11. The molecule has 0 saturated heterocycles. The van der Waals surface area contributed by atoms with Crippen LogP contribution in [0.3, 0.4) is 0 Å². The van der Waals surface area contributed by atoms with E-state index in [2.05, 4.69) is 15.5 Å². The minimum atomic E-state index is -3.56. The summed E-state index contributed by atoms with van der Waals surface area (Å²) in [7, 11) is -4.16. The van der Waals surface area contributed by atoms with E-state index in [1.807, 2.05) is 6.92 Å². The number of aromatic nitrogens is 2. The van der Waals surface area contributed by atoms with Crippen LogP contribution in [0.2, 0.25) is 0 Å². The first kappa shape index (κ1) is 24.6. The van der Waals surface area contributed by atoms with Crippen molar-refractivity contribution in [3.05, 3.63) is 54.1 Å². The number of nitrogens with one attached hydrogen (secondary N) is 1. The second kappa shape index (κ2) is 9.81. The molecule has 3 aromatic rings. The van der Waals surface area contributed by atoms with Gasteiger partial charge < -0.3 is 4.42 Å². The van der Waals surface area contributed by atoms with Gasteiger partial charge in [-0.1, -0.05) is 22.8 Å². The van der Waals surface area contributed by atoms with Gasteiger partial charge in [-0.3, -0.25) is 10.1 Å². The number of anilines is 1. The van der Waals surface area contributed by atoms with Crippen molar-refractivity contribution >= 4 is 31.8 Å². The normalized spacial score (nSPS) is 12.1. The molecule has 10 nitrogen and oxygen atoms in total. The molecule has 0 fully saturated rings. The summed E-state index contributed by atoms with van der Waals surface area (Å²) in [6.45, 7) is 1.87. The number of amides is 1. The molecule has 0 spiro atoms. The van der Waals surface area contributed by atoms with Crippen molar-refractivity contribution in [2.24, 2.45) is 0 Å². The van der Waals surface area contributed by atoms with Gasteiger partial charge in [0.05, 0.1) is 15.5 Å². The Bertz CT molecular complexity index is 1330. The SMILES string of the molecule is Cc1ccc(S(=O)(=O)CCCC(=O)Nc2nnc(-c3ccc(S(=O)(=O)N(C)C)cc3)o2)cc1. The van der Waals surface area contributed by atoms with E-state index in [1.54, 1.807) is 24.3 Å². The Labute approximate surface area is 192 Å². The van der Waals surface area contributed by atoms with E-state index in [9.17, 15) is 21.6 Å². The van der Waals surface area contributed by atoms with Crippen molar-refractivity contribution < 1.29 is 26.0 Å². The van der Waals surface area contributed by atoms with Gasteiger partial charge in [0.2, 0.25) is 21.8 Å². The van der Waals surface area contributed by atoms with Gasteiger partial charge >= 0.3 is 6.01 Å². The summed E-state index contributed by atoms with van der Waals surface area (Å²) in [6, 6.07) is 12.3. The molecule has 0 aliphatic rings. The largest absolute Gasteiger partial charge is 0.403 e. The molecule has 1 heterocycles. The third-order valence-electron chi connectivity index (χ3n) is 4.75. The third kappa shape index (κ3) is 6.03. The molecule has 0 unspecified atom stereocenters. The highest BCUT2D eigenvalue weighted by molar-refractivity contribution is 7.91. The summed E-state index contributed by atoms with van der Waals surface area (Å²) in [5.74, 6) is -0.529. The van der Waals surface area contributed by atoms with Gasteiger partial charge in [-0.2, -0.15) is 0 Å². The Hall–Kier alpha value is -3.09. The highest BCUT2D eigenvalue weighted by atomic mass is 32.2. The van der Waals surface area contributed by atoms with Crippen molar-refractivity contribution in [2.45, 2.75) is 29.6 Å². The monoisotopic (exact) mass is 492 g/mol. The maximum absolute atomic E-state index is 12.4. The van der Waals surface area contributed by atoms with Crippen LogP contribution >= 0.6 is 0 Å². The molecule has 0 saturated carbocycles. The first-order valence-corrected chi connectivity index (χ1v) is 13.0. The molecule has 0 aliphatic carbocycles. The standard InChI is InChI=1S/C21H24N4O6S2/c1-15-6-10-17(11-7-15)32(27,28)14-4-5-19(26)22-21-24-23-20(31-21)16-8-12-18(13-9-16)33(29,30)25(2)3/h6-13H,4-5,14H2,1-3H3,(H,22,24,26). The fourth-order valence-electron chi connectivity index (χ4n) is 2.84. The van der Waals surface area contributed by atoms with Crippen LogP contribution in [-0.4, -0.2) is 57.1 Å². The van der Waals surface area contributed by atoms with Crippen molar-refractivity contribution in [3.63, 3.8) is 0 Å². The van der Waals surface area contributed by atoms with Crippen LogP contribution in [-0.2, 0) is 24.7 Å². The van der Waals surface area contributed by atoms with Gasteiger partial charge in [-0.05, 0) is 49.7 Å². The lowest BCUT2D eigenvalue weighted by molar-refractivity contribution is -0.116. The van der Waals surface area contributed by atoms with Gasteiger partial charge in [0, 0.05) is 26.1 Å². The van der Waals surface area contributed by atoms with E-state index in [4.69, 9.17) is 4.42 Å². The fraction of sp³-hybridized carbons (Fsp3) is 0.286. The van der Waals surface area contributed by atoms with Crippen molar-refractivity contribution in [2.75, 3.05) is 25.2 Å². The number of hydrogen-bond donors (Lipinski definition) is 1. The van der Waals surface area contributed by atoms with Crippen LogP contribution in [0.15, 0.2) is 62.7 Å². The molecule has 2 aromatic carbocycles. The van der Waals surface area contributed by atoms with E-state index in [-0.39, 0.29) is 40.3 Å². The van der Waals surface area contributed by atoms with Crippen LogP contribution in [0.1, 0.15) is 18.4 Å². The summed E-state index contributed by atoms with van der Waals surface area (Å²) >= 11 is 0. The van der Waals surface area contributed by atoms with E-state index in [1.165, 1.54) is 38.4 Å². The van der Waals surface area contributed by atoms with E-state index < -0.39 is 25.8 Å². The van der Waals surface area contributed by atoms with Crippen LogP contribution < -0.4 is 5.32 Å². The van der Waals surface area contributed by atoms with E-state index in [0.717, 1.165) is 9.87 Å². The predicted molar refractivity (Wildman–Crippen MR) is 122 cm³/mol. The molecule has 0 radical (unpaired) electrons. The topological polar surface area (TPSA) is 140 Å². The number of carbonyl (C=O) groups is 1. The lowest BCUT2D eigenvalue weighted by Crippen LogP contribution is -2.22. The minimum Gasteiger partial charge on any atom is -0.403 e. The molecule has 3 rings (SSSR count). The fourth-order valence-corrected chi connectivity index (χ4v) is 5.05. The number of benzene rings is 2. The zero-order valence-electron chi connectivity index (χ0n) is 18.3. The molecule has 0 aliphatic heterocycles. The summed E-state index contributed by atoms with van der Waals surface area (Å²) in [6.07, 6.45) is 0.0880. The molecule has 12 heteroatoms. The van der Waals surface area contributed by atoms with Gasteiger partial charge in [0.1, 0.15) is 0 Å². The molecule has 0 atom stereocenters. The predicted octanol–water partition coefficient (Wildman–Crippen LogP) is 2.49. The second-order valence-electron chi connectivity index (χ2n) is 7.51. The van der Waals surface area contributed by atoms with Crippen molar-refractivity contribution in [1.29, 1.82) is 0 Å². The highest BCUT2D eigenvalue weighted by Gasteiger charge is 2.19. The van der Waals surface area contributed by atoms with Gasteiger partial charge in [0.15, 0.2) is 9.84 Å². The average molecular weight is 493 g/mol. The highest BCUT2D eigenvalue weighted by Crippen LogP contribution is 2.23. The number of rotatable bonds is 9. The zero-order chi connectivity index (χ0) is 24.2. The number of sulfone groups is 1. The lowest BCUT2D eigenvalue weighted by atomic mass is 10.2.